The number of unbranched alkanes of at least 4 members (excludes halogenated alkanes) is 1. The van der Waals surface area contributed by atoms with Crippen LogP contribution in [0, 0.1) is 46.3 Å². The number of allylic oxidation sites excluding steroid dienone is 1. The summed E-state index contributed by atoms with van der Waals surface area (Å²) in [6.45, 7) is 17.2. The van der Waals surface area contributed by atoms with E-state index in [-0.39, 0.29) is 17.6 Å². The summed E-state index contributed by atoms with van der Waals surface area (Å²) in [5.74, 6) is 5.18. The van der Waals surface area contributed by atoms with E-state index < -0.39 is 0 Å². The van der Waals surface area contributed by atoms with Crippen LogP contribution < -0.4 is 16.8 Å². The molecule has 4 aliphatic rings. The van der Waals surface area contributed by atoms with Gasteiger partial charge >= 0.3 is 6.09 Å². The van der Waals surface area contributed by atoms with E-state index in [0.717, 1.165) is 107 Å². The molecule has 8 atom stereocenters. The average Bonchev–Trinajstić information content (AvgIpc) is 3.36. The number of hydrogen-bond donors (Lipinski definition) is 3. The van der Waals surface area contributed by atoms with Gasteiger partial charge in [-0.3, -0.25) is 0 Å². The van der Waals surface area contributed by atoms with Crippen LogP contribution in [-0.2, 0) is 4.74 Å². The minimum absolute atomic E-state index is 0.00850. The largest absolute Gasteiger partial charge is 0.446 e. The van der Waals surface area contributed by atoms with Gasteiger partial charge in [-0.15, -0.1) is 0 Å². The maximum atomic E-state index is 13.4. The van der Waals surface area contributed by atoms with Gasteiger partial charge in [-0.1, -0.05) is 65.5 Å². The number of nitrogens with two attached hydrogens (primary N) is 2. The third-order valence-electron chi connectivity index (χ3n) is 13.6. The van der Waals surface area contributed by atoms with Crippen molar-refractivity contribution in [3.8, 4) is 0 Å². The lowest BCUT2D eigenvalue weighted by Gasteiger charge is -2.58. The molecule has 3 saturated carbocycles. The summed E-state index contributed by atoms with van der Waals surface area (Å²) in [5.41, 5.74) is 13.8. The standard InChI is InChI=1S/C39H72N4O2/c1-6-30(29(2)3)12-9-13-31-15-17-35-34-16-14-32-28-33(18-20-39(32,5)36(34)19-21-38(31,35)4)45-37(44)43(27-11-23-41)26-8-7-24-42-25-10-22-40/h14,29-31,33-36,42H,6-13,15-28,40-41H2,1-5H3. The predicted octanol–water partition coefficient (Wildman–Crippen LogP) is 8.29. The van der Waals surface area contributed by atoms with Gasteiger partial charge in [0.25, 0.3) is 0 Å². The third-order valence-corrected chi connectivity index (χ3v) is 13.6. The summed E-state index contributed by atoms with van der Waals surface area (Å²) in [4.78, 5) is 15.3. The Morgan fingerprint density at radius 1 is 0.978 bits per heavy atom. The fraction of sp³-hybridized carbons (Fsp3) is 0.923. The fourth-order valence-corrected chi connectivity index (χ4v) is 10.6. The predicted molar refractivity (Wildman–Crippen MR) is 189 cm³/mol. The van der Waals surface area contributed by atoms with Gasteiger partial charge in [-0.05, 0) is 150 Å². The summed E-state index contributed by atoms with van der Waals surface area (Å²) < 4.78 is 6.24. The zero-order valence-electron chi connectivity index (χ0n) is 30.1. The van der Waals surface area contributed by atoms with Crippen LogP contribution in [0.2, 0.25) is 0 Å². The Hall–Kier alpha value is -1.11. The summed E-state index contributed by atoms with van der Waals surface area (Å²) >= 11 is 0. The summed E-state index contributed by atoms with van der Waals surface area (Å²) in [5, 5.41) is 3.44. The maximum absolute atomic E-state index is 13.4. The number of fused-ring (bicyclic) bond motifs is 5. The first-order valence-electron chi connectivity index (χ1n) is 19.4. The summed E-state index contributed by atoms with van der Waals surface area (Å²) in [7, 11) is 0. The second-order valence-corrected chi connectivity index (χ2v) is 16.4. The molecular formula is C39H72N4O2. The van der Waals surface area contributed by atoms with E-state index in [1.54, 1.807) is 5.57 Å². The molecular weight excluding hydrogens is 556 g/mol. The molecule has 0 radical (unpaired) electrons. The molecule has 8 unspecified atom stereocenters. The number of carbonyl (C=O) groups is 1. The van der Waals surface area contributed by atoms with Gasteiger partial charge in [0, 0.05) is 19.5 Å². The first-order valence-corrected chi connectivity index (χ1v) is 19.4. The molecule has 260 valence electrons. The molecule has 4 rings (SSSR count). The first-order chi connectivity index (χ1) is 21.7. The second kappa shape index (κ2) is 17.3. The number of nitrogens with one attached hydrogen (secondary N) is 1. The van der Waals surface area contributed by atoms with Crippen LogP contribution >= 0.6 is 0 Å². The van der Waals surface area contributed by atoms with E-state index in [1.165, 1.54) is 57.8 Å². The van der Waals surface area contributed by atoms with E-state index in [4.69, 9.17) is 16.2 Å². The maximum Gasteiger partial charge on any atom is 0.410 e. The number of nitrogens with zero attached hydrogens (tertiary/aromatic N) is 1. The van der Waals surface area contributed by atoms with E-state index in [2.05, 4.69) is 46.0 Å². The van der Waals surface area contributed by atoms with Crippen molar-refractivity contribution < 1.29 is 9.53 Å². The van der Waals surface area contributed by atoms with Gasteiger partial charge in [-0.2, -0.15) is 0 Å². The summed E-state index contributed by atoms with van der Waals surface area (Å²) in [6, 6.07) is 0. The van der Waals surface area contributed by atoms with Crippen molar-refractivity contribution in [3.05, 3.63) is 11.6 Å². The van der Waals surface area contributed by atoms with E-state index in [0.29, 0.717) is 18.5 Å². The number of ether oxygens (including phenoxy) is 1. The van der Waals surface area contributed by atoms with Crippen LogP contribution in [0.4, 0.5) is 4.79 Å². The molecule has 0 spiro atoms. The molecule has 6 nitrogen and oxygen atoms in total. The highest BCUT2D eigenvalue weighted by atomic mass is 16.6. The first kappa shape index (κ1) is 36.7. The van der Waals surface area contributed by atoms with Crippen LogP contribution in [0.25, 0.3) is 0 Å². The van der Waals surface area contributed by atoms with Gasteiger partial charge in [-0.25, -0.2) is 4.79 Å². The molecule has 5 N–H and O–H groups in total. The van der Waals surface area contributed by atoms with Crippen molar-refractivity contribution in [3.63, 3.8) is 0 Å². The van der Waals surface area contributed by atoms with Crippen molar-refractivity contribution in [1.82, 2.24) is 10.2 Å². The quantitative estimate of drug-likeness (QED) is 0.105. The summed E-state index contributed by atoms with van der Waals surface area (Å²) in [6.07, 6.45) is 22.0. The molecule has 3 fully saturated rings. The number of rotatable bonds is 18. The molecule has 0 heterocycles. The lowest BCUT2D eigenvalue weighted by molar-refractivity contribution is -0.0535. The lowest BCUT2D eigenvalue weighted by atomic mass is 9.47. The van der Waals surface area contributed by atoms with Crippen LogP contribution in [0.15, 0.2) is 11.6 Å². The molecule has 6 heteroatoms. The van der Waals surface area contributed by atoms with Crippen molar-refractivity contribution in [2.24, 2.45) is 57.8 Å². The highest BCUT2D eigenvalue weighted by Crippen LogP contribution is 2.66. The van der Waals surface area contributed by atoms with Crippen molar-refractivity contribution >= 4 is 6.09 Å². The van der Waals surface area contributed by atoms with E-state index in [9.17, 15) is 4.79 Å². The fourth-order valence-electron chi connectivity index (χ4n) is 10.6. The minimum atomic E-state index is -0.133. The monoisotopic (exact) mass is 629 g/mol. The molecule has 1 amide bonds. The average molecular weight is 629 g/mol. The third kappa shape index (κ3) is 8.87. The highest BCUT2D eigenvalue weighted by Gasteiger charge is 2.58. The van der Waals surface area contributed by atoms with Crippen LogP contribution in [0.5, 0.6) is 0 Å². The number of carbonyl (C=O) groups excluding carboxylic acids is 1. The Kier molecular flexibility index (Phi) is 14.1. The zero-order chi connectivity index (χ0) is 32.5. The Bertz CT molecular complexity index is 938. The van der Waals surface area contributed by atoms with Crippen molar-refractivity contribution in [2.75, 3.05) is 39.3 Å². The van der Waals surface area contributed by atoms with Crippen molar-refractivity contribution in [1.29, 1.82) is 0 Å². The second-order valence-electron chi connectivity index (χ2n) is 16.4. The Morgan fingerprint density at radius 3 is 2.47 bits per heavy atom. The van der Waals surface area contributed by atoms with E-state index >= 15 is 0 Å². The number of amides is 1. The topological polar surface area (TPSA) is 93.6 Å². The van der Waals surface area contributed by atoms with Crippen LogP contribution in [0.3, 0.4) is 0 Å². The molecule has 0 saturated heterocycles. The minimum Gasteiger partial charge on any atom is -0.446 e. The van der Waals surface area contributed by atoms with Crippen LogP contribution in [-0.4, -0.2) is 56.4 Å². The highest BCUT2D eigenvalue weighted by molar-refractivity contribution is 5.67. The normalized spacial score (nSPS) is 33.2. The molecule has 0 aromatic carbocycles. The Morgan fingerprint density at radius 2 is 1.73 bits per heavy atom. The Labute approximate surface area is 277 Å². The van der Waals surface area contributed by atoms with Crippen LogP contribution in [0.1, 0.15) is 137 Å². The van der Waals surface area contributed by atoms with Gasteiger partial charge < -0.3 is 26.4 Å². The number of hydrogen-bond acceptors (Lipinski definition) is 5. The molecule has 0 aromatic heterocycles. The lowest BCUT2D eigenvalue weighted by Crippen LogP contribution is -2.50. The molecule has 0 bridgehead atoms. The van der Waals surface area contributed by atoms with Gasteiger partial charge in [0.2, 0.25) is 0 Å². The molecule has 0 aliphatic heterocycles. The smallest absolute Gasteiger partial charge is 0.410 e. The molecule has 0 aromatic rings. The van der Waals surface area contributed by atoms with Gasteiger partial charge in [0.1, 0.15) is 6.10 Å². The van der Waals surface area contributed by atoms with Gasteiger partial charge in [0.05, 0.1) is 0 Å². The van der Waals surface area contributed by atoms with Crippen molar-refractivity contribution in [2.45, 2.75) is 143 Å². The molecule has 4 aliphatic carbocycles. The zero-order valence-corrected chi connectivity index (χ0v) is 30.1. The molecule has 45 heavy (non-hydrogen) atoms. The van der Waals surface area contributed by atoms with Gasteiger partial charge in [0.15, 0.2) is 0 Å². The Balaban J connectivity index is 1.30. The van der Waals surface area contributed by atoms with E-state index in [1.807, 2.05) is 4.90 Å². The SMILES string of the molecule is CCC(CCCC1CCC2C3CC=C4CC(OC(=O)N(CCCN)CCCCNCCCN)CCC4(C)C3CCC12C)C(C)C.